The monoisotopic (exact) mass is 466 g/mol. The van der Waals surface area contributed by atoms with E-state index in [2.05, 4.69) is 40.0 Å². The number of ether oxygens (including phenoxy) is 4. The summed E-state index contributed by atoms with van der Waals surface area (Å²) < 4.78 is 21.5. The lowest BCUT2D eigenvalue weighted by molar-refractivity contribution is -0.140. The first-order valence-corrected chi connectivity index (χ1v) is 11.1. The van der Waals surface area contributed by atoms with E-state index in [0.29, 0.717) is 16.9 Å². The molecule has 0 spiro atoms. The van der Waals surface area contributed by atoms with Crippen molar-refractivity contribution in [1.82, 2.24) is 0 Å². The van der Waals surface area contributed by atoms with Crippen molar-refractivity contribution < 1.29 is 28.5 Å². The Hall–Kier alpha value is -3.54. The van der Waals surface area contributed by atoms with Gasteiger partial charge in [0.1, 0.15) is 37.9 Å². The fourth-order valence-electron chi connectivity index (χ4n) is 3.38. The number of esters is 2. The fraction of sp³-hybridized carbons (Fsp3) is 0.357. The minimum absolute atomic E-state index is 0.169. The lowest BCUT2D eigenvalue weighted by Crippen LogP contribution is -2.20. The average Bonchev–Trinajstić information content (AvgIpc) is 2.79. The molecule has 0 unspecified atom stereocenters. The maximum atomic E-state index is 11.4. The predicted molar refractivity (Wildman–Crippen MR) is 132 cm³/mol. The van der Waals surface area contributed by atoms with Crippen molar-refractivity contribution in [3.05, 3.63) is 83.5 Å². The molecule has 0 heterocycles. The molecule has 0 saturated heterocycles. The highest BCUT2D eigenvalue weighted by Crippen LogP contribution is 2.35. The normalized spacial score (nSPS) is 10.9. The summed E-state index contributed by atoms with van der Waals surface area (Å²) in [5, 5.41) is 0. The Bertz CT molecular complexity index is 1030. The van der Waals surface area contributed by atoms with Gasteiger partial charge in [-0.1, -0.05) is 45.2 Å². The smallest absolute Gasteiger partial charge is 0.333 e. The van der Waals surface area contributed by atoms with E-state index in [1.165, 1.54) is 5.56 Å². The third-order valence-electron chi connectivity index (χ3n) is 5.31. The Morgan fingerprint density at radius 1 is 0.765 bits per heavy atom. The fourth-order valence-corrected chi connectivity index (χ4v) is 3.38. The predicted octanol–water partition coefficient (Wildman–Crippen LogP) is 5.32. The van der Waals surface area contributed by atoms with Crippen LogP contribution >= 0.6 is 0 Å². The maximum Gasteiger partial charge on any atom is 0.333 e. The van der Waals surface area contributed by atoms with Crippen molar-refractivity contribution in [1.29, 1.82) is 0 Å². The molecule has 34 heavy (non-hydrogen) atoms. The minimum atomic E-state index is -0.418. The molecule has 6 heteroatoms. The first kappa shape index (κ1) is 26.7. The summed E-state index contributed by atoms with van der Waals surface area (Å²) in [7, 11) is 0. The van der Waals surface area contributed by atoms with Gasteiger partial charge in [0.05, 0.1) is 0 Å². The SMILES string of the molecule is C=C(C)C(=O)OCCOc1ccc(C(C)(C)c2ccc(OCCOC(=O)C(=C)C)cc2C)cc1. The Kier molecular flexibility index (Phi) is 9.48. The highest BCUT2D eigenvalue weighted by atomic mass is 16.6. The van der Waals surface area contributed by atoms with E-state index in [9.17, 15) is 9.59 Å². The molecule has 0 bridgehead atoms. The number of aryl methyl sites for hydroxylation is 1. The Morgan fingerprint density at radius 3 is 1.71 bits per heavy atom. The molecule has 0 saturated carbocycles. The molecule has 0 amide bonds. The topological polar surface area (TPSA) is 71.1 Å². The van der Waals surface area contributed by atoms with E-state index in [0.717, 1.165) is 16.9 Å². The summed E-state index contributed by atoms with van der Waals surface area (Å²) in [6.45, 7) is 17.6. The van der Waals surface area contributed by atoms with Gasteiger partial charge in [0.2, 0.25) is 0 Å². The van der Waals surface area contributed by atoms with E-state index < -0.39 is 11.9 Å². The third kappa shape index (κ3) is 7.51. The molecule has 0 aliphatic heterocycles. The van der Waals surface area contributed by atoms with Gasteiger partial charge in [0.25, 0.3) is 0 Å². The molecule has 0 fully saturated rings. The van der Waals surface area contributed by atoms with Gasteiger partial charge in [-0.2, -0.15) is 0 Å². The Balaban J connectivity index is 1.95. The highest BCUT2D eigenvalue weighted by molar-refractivity contribution is 5.87. The molecule has 0 atom stereocenters. The second-order valence-electron chi connectivity index (χ2n) is 8.66. The van der Waals surface area contributed by atoms with Crippen LogP contribution in [0.1, 0.15) is 44.4 Å². The molecular weight excluding hydrogens is 432 g/mol. The molecule has 2 rings (SSSR count). The molecule has 0 aromatic heterocycles. The summed E-state index contributed by atoms with van der Waals surface area (Å²) >= 11 is 0. The van der Waals surface area contributed by atoms with Crippen molar-refractivity contribution in [3.63, 3.8) is 0 Å². The van der Waals surface area contributed by atoms with Crippen LogP contribution in [0, 0.1) is 6.92 Å². The number of benzene rings is 2. The van der Waals surface area contributed by atoms with E-state index in [4.69, 9.17) is 18.9 Å². The largest absolute Gasteiger partial charge is 0.490 e. The number of carbonyl (C=O) groups excluding carboxylic acids is 2. The van der Waals surface area contributed by atoms with Crippen LogP contribution in [-0.4, -0.2) is 38.4 Å². The zero-order chi connectivity index (χ0) is 25.3. The molecule has 0 aliphatic rings. The van der Waals surface area contributed by atoms with E-state index in [1.807, 2.05) is 36.4 Å². The molecule has 2 aromatic rings. The van der Waals surface area contributed by atoms with E-state index >= 15 is 0 Å². The van der Waals surface area contributed by atoms with Crippen LogP contribution in [0.5, 0.6) is 11.5 Å². The van der Waals surface area contributed by atoms with Gasteiger partial charge in [-0.3, -0.25) is 0 Å². The minimum Gasteiger partial charge on any atom is -0.490 e. The second kappa shape index (κ2) is 12.1. The van der Waals surface area contributed by atoms with Gasteiger partial charge >= 0.3 is 11.9 Å². The van der Waals surface area contributed by atoms with E-state index in [-0.39, 0.29) is 31.8 Å². The van der Waals surface area contributed by atoms with Gasteiger partial charge in [-0.15, -0.1) is 0 Å². The average molecular weight is 467 g/mol. The van der Waals surface area contributed by atoms with Gasteiger partial charge < -0.3 is 18.9 Å². The summed E-state index contributed by atoms with van der Waals surface area (Å²) in [4.78, 5) is 22.8. The van der Waals surface area contributed by atoms with Crippen molar-refractivity contribution in [3.8, 4) is 11.5 Å². The Labute approximate surface area is 202 Å². The standard InChI is InChI=1S/C28H34O6/c1-19(2)26(29)33-16-14-31-23-10-8-22(9-11-23)28(6,7)25-13-12-24(18-21(25)5)32-15-17-34-27(30)20(3)4/h8-13,18H,1,3,14-17H2,2,4-7H3. The first-order chi connectivity index (χ1) is 16.0. The zero-order valence-corrected chi connectivity index (χ0v) is 20.7. The van der Waals surface area contributed by atoms with Crippen molar-refractivity contribution in [2.24, 2.45) is 0 Å². The number of hydrogen-bond donors (Lipinski definition) is 0. The van der Waals surface area contributed by atoms with Gasteiger partial charge in [-0.25, -0.2) is 9.59 Å². The van der Waals surface area contributed by atoms with Crippen LogP contribution < -0.4 is 9.47 Å². The highest BCUT2D eigenvalue weighted by Gasteiger charge is 2.25. The molecular formula is C28H34O6. The number of rotatable bonds is 12. The van der Waals surface area contributed by atoms with E-state index in [1.54, 1.807) is 13.8 Å². The lowest BCUT2D eigenvalue weighted by Gasteiger charge is -2.28. The molecule has 0 radical (unpaired) electrons. The van der Waals surface area contributed by atoms with Crippen molar-refractivity contribution >= 4 is 11.9 Å². The molecule has 182 valence electrons. The van der Waals surface area contributed by atoms with Crippen LogP contribution in [0.25, 0.3) is 0 Å². The first-order valence-electron chi connectivity index (χ1n) is 11.1. The molecule has 0 aliphatic carbocycles. The quantitative estimate of drug-likeness (QED) is 0.240. The van der Waals surface area contributed by atoms with Crippen LogP contribution in [0.2, 0.25) is 0 Å². The molecule has 6 nitrogen and oxygen atoms in total. The summed E-state index contributed by atoms with van der Waals surface area (Å²) in [5.41, 5.74) is 3.90. The van der Waals surface area contributed by atoms with Crippen LogP contribution in [0.4, 0.5) is 0 Å². The lowest BCUT2D eigenvalue weighted by atomic mass is 9.76. The summed E-state index contributed by atoms with van der Waals surface area (Å²) in [6.07, 6.45) is 0. The summed E-state index contributed by atoms with van der Waals surface area (Å²) in [6, 6.07) is 13.9. The maximum absolute atomic E-state index is 11.4. The zero-order valence-electron chi connectivity index (χ0n) is 20.7. The van der Waals surface area contributed by atoms with Gasteiger partial charge in [0.15, 0.2) is 0 Å². The number of carbonyl (C=O) groups is 2. The van der Waals surface area contributed by atoms with Crippen molar-refractivity contribution in [2.45, 2.75) is 40.0 Å². The molecule has 0 N–H and O–H groups in total. The molecule has 2 aromatic carbocycles. The second-order valence-corrected chi connectivity index (χ2v) is 8.66. The van der Waals surface area contributed by atoms with Gasteiger partial charge in [-0.05, 0) is 61.7 Å². The van der Waals surface area contributed by atoms with Crippen LogP contribution in [-0.2, 0) is 24.5 Å². The summed E-state index contributed by atoms with van der Waals surface area (Å²) in [5.74, 6) is 0.594. The Morgan fingerprint density at radius 2 is 1.24 bits per heavy atom. The third-order valence-corrected chi connectivity index (χ3v) is 5.31. The number of hydrogen-bond acceptors (Lipinski definition) is 6. The van der Waals surface area contributed by atoms with Crippen LogP contribution in [0.3, 0.4) is 0 Å². The van der Waals surface area contributed by atoms with Crippen molar-refractivity contribution in [2.75, 3.05) is 26.4 Å². The van der Waals surface area contributed by atoms with Gasteiger partial charge in [0, 0.05) is 16.6 Å². The van der Waals surface area contributed by atoms with Crippen LogP contribution in [0.15, 0.2) is 66.8 Å².